The summed E-state index contributed by atoms with van der Waals surface area (Å²) < 4.78 is 0. The fourth-order valence-electron chi connectivity index (χ4n) is 2.15. The highest BCUT2D eigenvalue weighted by Gasteiger charge is 2.15. The van der Waals surface area contributed by atoms with E-state index in [2.05, 4.69) is 10.6 Å². The maximum Gasteiger partial charge on any atom is 0.306 e. The van der Waals surface area contributed by atoms with Crippen molar-refractivity contribution in [3.05, 3.63) is 0 Å². The van der Waals surface area contributed by atoms with Gasteiger partial charge in [-0.15, -0.1) is 0 Å². The number of carboxylic acids is 1. The molecule has 5 nitrogen and oxygen atoms in total. The molecule has 1 aliphatic rings. The van der Waals surface area contributed by atoms with Gasteiger partial charge in [-0.2, -0.15) is 0 Å². The Balaban J connectivity index is 2.04. The molecular formula is C13H24N2O3. The summed E-state index contributed by atoms with van der Waals surface area (Å²) in [6, 6.07) is 0. The molecule has 2 unspecified atom stereocenters. The van der Waals surface area contributed by atoms with Gasteiger partial charge in [0.05, 0.1) is 5.92 Å². The fourth-order valence-corrected chi connectivity index (χ4v) is 2.15. The van der Waals surface area contributed by atoms with Gasteiger partial charge in [-0.25, -0.2) is 0 Å². The lowest BCUT2D eigenvalue weighted by atomic mass is 9.94. The van der Waals surface area contributed by atoms with Gasteiger partial charge in [0.25, 0.3) is 0 Å². The molecule has 1 rings (SSSR count). The Kier molecular flexibility index (Phi) is 6.72. The number of nitrogens with one attached hydrogen (secondary N) is 2. The zero-order chi connectivity index (χ0) is 13.4. The average molecular weight is 256 g/mol. The van der Waals surface area contributed by atoms with Gasteiger partial charge in [0.1, 0.15) is 0 Å². The summed E-state index contributed by atoms with van der Waals surface area (Å²) in [7, 11) is 0. The van der Waals surface area contributed by atoms with Gasteiger partial charge in [0, 0.05) is 13.0 Å². The van der Waals surface area contributed by atoms with Gasteiger partial charge in [-0.3, -0.25) is 9.59 Å². The van der Waals surface area contributed by atoms with Crippen molar-refractivity contribution < 1.29 is 14.7 Å². The Morgan fingerprint density at radius 2 is 2.28 bits per heavy atom. The van der Waals surface area contributed by atoms with Crippen LogP contribution in [-0.4, -0.2) is 36.6 Å². The highest BCUT2D eigenvalue weighted by molar-refractivity contribution is 5.76. The molecule has 1 amide bonds. The summed E-state index contributed by atoms with van der Waals surface area (Å²) in [5, 5.41) is 14.8. The second-order valence-electron chi connectivity index (χ2n) is 5.13. The molecule has 1 heterocycles. The van der Waals surface area contributed by atoms with Gasteiger partial charge >= 0.3 is 5.97 Å². The SMILES string of the molecule is CC(CCNC(=O)CCC1CCCNC1)C(=O)O. The Hall–Kier alpha value is -1.10. The van der Waals surface area contributed by atoms with Crippen LogP contribution in [0, 0.1) is 11.8 Å². The van der Waals surface area contributed by atoms with E-state index in [0.29, 0.717) is 25.3 Å². The lowest BCUT2D eigenvalue weighted by Crippen LogP contribution is -2.31. The van der Waals surface area contributed by atoms with Crippen LogP contribution in [0.3, 0.4) is 0 Å². The molecule has 5 heteroatoms. The van der Waals surface area contributed by atoms with Crippen LogP contribution in [0.4, 0.5) is 0 Å². The summed E-state index contributed by atoms with van der Waals surface area (Å²) in [4.78, 5) is 22.1. The van der Waals surface area contributed by atoms with Crippen LogP contribution in [0.5, 0.6) is 0 Å². The number of rotatable bonds is 7. The van der Waals surface area contributed by atoms with Gasteiger partial charge in [0.15, 0.2) is 0 Å². The molecule has 0 saturated carbocycles. The minimum atomic E-state index is -0.808. The average Bonchev–Trinajstić information content (AvgIpc) is 2.37. The first-order valence-corrected chi connectivity index (χ1v) is 6.80. The lowest BCUT2D eigenvalue weighted by molar-refractivity contribution is -0.141. The predicted molar refractivity (Wildman–Crippen MR) is 69.3 cm³/mol. The van der Waals surface area contributed by atoms with Crippen molar-refractivity contribution in [2.75, 3.05) is 19.6 Å². The van der Waals surface area contributed by atoms with E-state index in [9.17, 15) is 9.59 Å². The fraction of sp³-hybridized carbons (Fsp3) is 0.846. The second kappa shape index (κ2) is 8.08. The van der Waals surface area contributed by atoms with Crippen LogP contribution < -0.4 is 10.6 Å². The zero-order valence-corrected chi connectivity index (χ0v) is 11.1. The number of carbonyl (C=O) groups is 2. The molecule has 1 fully saturated rings. The molecule has 0 spiro atoms. The van der Waals surface area contributed by atoms with E-state index in [4.69, 9.17) is 5.11 Å². The summed E-state index contributed by atoms with van der Waals surface area (Å²) >= 11 is 0. The molecule has 3 N–H and O–H groups in total. The number of hydrogen-bond donors (Lipinski definition) is 3. The van der Waals surface area contributed by atoms with E-state index in [1.807, 2.05) is 0 Å². The third kappa shape index (κ3) is 6.00. The molecule has 18 heavy (non-hydrogen) atoms. The quantitative estimate of drug-likeness (QED) is 0.635. The molecule has 0 aromatic carbocycles. The van der Waals surface area contributed by atoms with Crippen molar-refractivity contribution in [2.45, 2.75) is 39.0 Å². The van der Waals surface area contributed by atoms with Crippen molar-refractivity contribution in [3.63, 3.8) is 0 Å². The third-order valence-electron chi connectivity index (χ3n) is 3.50. The van der Waals surface area contributed by atoms with Crippen LogP contribution in [0.1, 0.15) is 39.0 Å². The van der Waals surface area contributed by atoms with Crippen molar-refractivity contribution in [3.8, 4) is 0 Å². The highest BCUT2D eigenvalue weighted by Crippen LogP contribution is 2.15. The second-order valence-corrected chi connectivity index (χ2v) is 5.13. The lowest BCUT2D eigenvalue weighted by Gasteiger charge is -2.22. The van der Waals surface area contributed by atoms with Gasteiger partial charge in [-0.05, 0) is 44.7 Å². The summed E-state index contributed by atoms with van der Waals surface area (Å²) in [6.45, 7) is 4.22. The number of aliphatic carboxylic acids is 1. The van der Waals surface area contributed by atoms with Crippen molar-refractivity contribution in [1.29, 1.82) is 0 Å². The predicted octanol–water partition coefficient (Wildman–Crippen LogP) is 0.993. The Bertz CT molecular complexity index is 275. The largest absolute Gasteiger partial charge is 0.481 e. The normalized spacial score (nSPS) is 21.3. The topological polar surface area (TPSA) is 78.4 Å². The first kappa shape index (κ1) is 15.0. The molecular weight excluding hydrogens is 232 g/mol. The van der Waals surface area contributed by atoms with Gasteiger partial charge < -0.3 is 15.7 Å². The van der Waals surface area contributed by atoms with E-state index in [1.165, 1.54) is 12.8 Å². The molecule has 0 aliphatic carbocycles. The first-order chi connectivity index (χ1) is 8.59. The van der Waals surface area contributed by atoms with E-state index >= 15 is 0 Å². The maximum absolute atomic E-state index is 11.6. The summed E-state index contributed by atoms with van der Waals surface area (Å²) in [5.41, 5.74) is 0. The Morgan fingerprint density at radius 3 is 2.89 bits per heavy atom. The third-order valence-corrected chi connectivity index (χ3v) is 3.50. The van der Waals surface area contributed by atoms with Crippen LogP contribution in [0.15, 0.2) is 0 Å². The van der Waals surface area contributed by atoms with Crippen molar-refractivity contribution in [1.82, 2.24) is 10.6 Å². The van der Waals surface area contributed by atoms with E-state index < -0.39 is 11.9 Å². The summed E-state index contributed by atoms with van der Waals surface area (Å²) in [5.74, 6) is -0.550. The molecule has 2 atom stereocenters. The zero-order valence-electron chi connectivity index (χ0n) is 11.1. The molecule has 0 radical (unpaired) electrons. The van der Waals surface area contributed by atoms with Crippen molar-refractivity contribution >= 4 is 11.9 Å². The Labute approximate surface area is 108 Å². The minimum Gasteiger partial charge on any atom is -0.481 e. The van der Waals surface area contributed by atoms with E-state index in [1.54, 1.807) is 6.92 Å². The number of hydrogen-bond acceptors (Lipinski definition) is 3. The maximum atomic E-state index is 11.6. The van der Waals surface area contributed by atoms with Crippen LogP contribution >= 0.6 is 0 Å². The standard InChI is InChI=1S/C13H24N2O3/c1-10(13(17)18)6-8-15-12(16)5-4-11-3-2-7-14-9-11/h10-11,14H,2-9H2,1H3,(H,15,16)(H,17,18). The molecule has 0 bridgehead atoms. The number of carboxylic acid groups (broad SMARTS) is 1. The Morgan fingerprint density at radius 1 is 1.50 bits per heavy atom. The molecule has 1 saturated heterocycles. The molecule has 104 valence electrons. The van der Waals surface area contributed by atoms with E-state index in [0.717, 1.165) is 19.5 Å². The van der Waals surface area contributed by atoms with Crippen LogP contribution in [-0.2, 0) is 9.59 Å². The van der Waals surface area contributed by atoms with Gasteiger partial charge in [-0.1, -0.05) is 6.92 Å². The van der Waals surface area contributed by atoms with E-state index in [-0.39, 0.29) is 5.91 Å². The monoisotopic (exact) mass is 256 g/mol. The van der Waals surface area contributed by atoms with Crippen LogP contribution in [0.25, 0.3) is 0 Å². The summed E-state index contributed by atoms with van der Waals surface area (Å²) in [6.07, 6.45) is 4.37. The molecule has 1 aliphatic heterocycles. The number of carbonyl (C=O) groups excluding carboxylic acids is 1. The number of amides is 1. The molecule has 0 aromatic rings. The number of piperidine rings is 1. The molecule has 0 aromatic heterocycles. The van der Waals surface area contributed by atoms with Crippen molar-refractivity contribution in [2.24, 2.45) is 11.8 Å². The smallest absolute Gasteiger partial charge is 0.306 e. The minimum absolute atomic E-state index is 0.0400. The first-order valence-electron chi connectivity index (χ1n) is 6.80. The highest BCUT2D eigenvalue weighted by atomic mass is 16.4. The van der Waals surface area contributed by atoms with Crippen LogP contribution in [0.2, 0.25) is 0 Å². The van der Waals surface area contributed by atoms with Gasteiger partial charge in [0.2, 0.25) is 5.91 Å².